The van der Waals surface area contributed by atoms with Gasteiger partial charge >= 0.3 is 0 Å². The molecule has 1 N–H and O–H groups in total. The first-order valence-corrected chi connectivity index (χ1v) is 4.36. The van der Waals surface area contributed by atoms with Gasteiger partial charge in [0.2, 0.25) is 5.43 Å². The van der Waals surface area contributed by atoms with Gasteiger partial charge in [0.05, 0.1) is 18.0 Å². The number of nitrogens with one attached hydrogen (secondary N) is 1. The van der Waals surface area contributed by atoms with E-state index in [1.807, 2.05) is 6.07 Å². The van der Waals surface area contributed by atoms with E-state index in [2.05, 4.69) is 4.98 Å². The van der Waals surface area contributed by atoms with Crippen LogP contribution in [0.3, 0.4) is 0 Å². The number of aromatic nitrogens is 1. The monoisotopic (exact) mass is 200 g/mol. The number of pyridine rings is 1. The smallest absolute Gasteiger partial charge is 0.207 e. The van der Waals surface area contributed by atoms with Crippen LogP contribution in [0.1, 0.15) is 5.56 Å². The van der Waals surface area contributed by atoms with Crippen molar-refractivity contribution in [1.82, 2.24) is 4.98 Å². The summed E-state index contributed by atoms with van der Waals surface area (Å²) < 4.78 is 5.10. The van der Waals surface area contributed by atoms with E-state index in [9.17, 15) is 4.79 Å². The second-order valence-corrected chi connectivity index (χ2v) is 3.03. The summed E-state index contributed by atoms with van der Waals surface area (Å²) in [6, 6.07) is 6.98. The fourth-order valence-electron chi connectivity index (χ4n) is 1.48. The van der Waals surface area contributed by atoms with Gasteiger partial charge in [-0.15, -0.1) is 0 Å². The third-order valence-electron chi connectivity index (χ3n) is 2.22. The molecule has 0 saturated carbocycles. The van der Waals surface area contributed by atoms with Crippen LogP contribution in [-0.2, 0) is 0 Å². The van der Waals surface area contributed by atoms with Gasteiger partial charge in [-0.3, -0.25) is 4.79 Å². The SMILES string of the molecule is COc1cccc2c(=O)c(C#N)c[nH]c12. The Kier molecular flexibility index (Phi) is 2.14. The summed E-state index contributed by atoms with van der Waals surface area (Å²) in [6.07, 6.45) is 1.40. The molecular formula is C11H8N2O2. The molecule has 15 heavy (non-hydrogen) atoms. The average molecular weight is 200 g/mol. The molecular weight excluding hydrogens is 192 g/mol. The Labute approximate surface area is 85.7 Å². The van der Waals surface area contributed by atoms with Crippen LogP contribution in [0.15, 0.2) is 29.2 Å². The van der Waals surface area contributed by atoms with Gasteiger partial charge in [0, 0.05) is 6.20 Å². The highest BCUT2D eigenvalue weighted by Crippen LogP contribution is 2.20. The van der Waals surface area contributed by atoms with E-state index in [0.29, 0.717) is 16.7 Å². The van der Waals surface area contributed by atoms with E-state index >= 15 is 0 Å². The predicted octanol–water partition coefficient (Wildman–Crippen LogP) is 1.41. The first kappa shape index (κ1) is 9.28. The van der Waals surface area contributed by atoms with Crippen molar-refractivity contribution in [2.45, 2.75) is 0 Å². The molecule has 0 fully saturated rings. The molecule has 2 rings (SSSR count). The molecule has 0 unspecified atom stereocenters. The van der Waals surface area contributed by atoms with Crippen LogP contribution in [0.2, 0.25) is 0 Å². The number of ether oxygens (including phenoxy) is 1. The minimum Gasteiger partial charge on any atom is -0.495 e. The Morgan fingerprint density at radius 3 is 2.93 bits per heavy atom. The minimum atomic E-state index is -0.273. The van der Waals surface area contributed by atoms with Gasteiger partial charge in [0.1, 0.15) is 17.4 Å². The number of rotatable bonds is 1. The second-order valence-electron chi connectivity index (χ2n) is 3.03. The van der Waals surface area contributed by atoms with Crippen LogP contribution in [-0.4, -0.2) is 12.1 Å². The van der Waals surface area contributed by atoms with Crippen LogP contribution in [0.4, 0.5) is 0 Å². The van der Waals surface area contributed by atoms with Gasteiger partial charge in [0.15, 0.2) is 0 Å². The highest BCUT2D eigenvalue weighted by Gasteiger charge is 2.07. The first-order chi connectivity index (χ1) is 7.27. The lowest BCUT2D eigenvalue weighted by atomic mass is 10.1. The lowest BCUT2D eigenvalue weighted by Crippen LogP contribution is -2.07. The minimum absolute atomic E-state index is 0.107. The number of aromatic amines is 1. The molecule has 4 heteroatoms. The van der Waals surface area contributed by atoms with Crippen molar-refractivity contribution >= 4 is 10.9 Å². The fourth-order valence-corrected chi connectivity index (χ4v) is 1.48. The van der Waals surface area contributed by atoms with Crippen molar-refractivity contribution in [3.8, 4) is 11.8 Å². The van der Waals surface area contributed by atoms with Gasteiger partial charge in [-0.2, -0.15) is 5.26 Å². The van der Waals surface area contributed by atoms with E-state index in [1.165, 1.54) is 13.3 Å². The quantitative estimate of drug-likeness (QED) is 0.756. The van der Waals surface area contributed by atoms with Gasteiger partial charge in [0.25, 0.3) is 0 Å². The Balaban J connectivity index is 2.92. The summed E-state index contributed by atoms with van der Waals surface area (Å²) in [5, 5.41) is 9.17. The molecule has 0 bridgehead atoms. The molecule has 0 aliphatic carbocycles. The van der Waals surface area contributed by atoms with E-state index in [4.69, 9.17) is 10.00 Å². The molecule has 1 aromatic carbocycles. The summed E-state index contributed by atoms with van der Waals surface area (Å²) in [5.74, 6) is 0.592. The van der Waals surface area contributed by atoms with Gasteiger partial charge in [-0.25, -0.2) is 0 Å². The van der Waals surface area contributed by atoms with Crippen molar-refractivity contribution in [3.05, 3.63) is 40.2 Å². The van der Waals surface area contributed by atoms with E-state index in [0.717, 1.165) is 0 Å². The Morgan fingerprint density at radius 2 is 2.27 bits per heavy atom. The Morgan fingerprint density at radius 1 is 1.47 bits per heavy atom. The molecule has 0 amide bonds. The number of para-hydroxylation sites is 1. The topological polar surface area (TPSA) is 65.9 Å². The molecule has 4 nitrogen and oxygen atoms in total. The summed E-state index contributed by atoms with van der Waals surface area (Å²) in [5.41, 5.74) is 0.449. The second kappa shape index (κ2) is 3.46. The van der Waals surface area contributed by atoms with Crippen LogP contribution in [0, 0.1) is 11.3 Å². The summed E-state index contributed by atoms with van der Waals surface area (Å²) >= 11 is 0. The van der Waals surface area contributed by atoms with Gasteiger partial charge in [-0.05, 0) is 12.1 Å². The van der Waals surface area contributed by atoms with E-state index in [1.54, 1.807) is 18.2 Å². The molecule has 1 aromatic heterocycles. The maximum absolute atomic E-state index is 11.7. The normalized spacial score (nSPS) is 9.87. The Bertz CT molecular complexity index is 608. The zero-order chi connectivity index (χ0) is 10.8. The van der Waals surface area contributed by atoms with Crippen molar-refractivity contribution in [1.29, 1.82) is 5.26 Å². The van der Waals surface area contributed by atoms with Crippen molar-refractivity contribution in [3.63, 3.8) is 0 Å². The molecule has 0 aliphatic rings. The van der Waals surface area contributed by atoms with Gasteiger partial charge in [-0.1, -0.05) is 6.07 Å². The molecule has 0 aliphatic heterocycles. The predicted molar refractivity (Wildman–Crippen MR) is 55.8 cm³/mol. The lowest BCUT2D eigenvalue weighted by Gasteiger charge is -2.04. The van der Waals surface area contributed by atoms with Crippen LogP contribution >= 0.6 is 0 Å². The largest absolute Gasteiger partial charge is 0.495 e. The summed E-state index contributed by atoms with van der Waals surface area (Å²) in [7, 11) is 1.53. The third kappa shape index (κ3) is 1.34. The summed E-state index contributed by atoms with van der Waals surface area (Å²) in [4.78, 5) is 14.6. The van der Waals surface area contributed by atoms with Crippen molar-refractivity contribution in [2.75, 3.05) is 7.11 Å². The molecule has 1 heterocycles. The van der Waals surface area contributed by atoms with Crippen LogP contribution in [0.5, 0.6) is 5.75 Å². The standard InChI is InChI=1S/C11H8N2O2/c1-15-9-4-2-3-8-10(9)13-6-7(5-12)11(8)14/h2-4,6H,1H3,(H,13,14). The maximum Gasteiger partial charge on any atom is 0.207 e. The number of H-pyrrole nitrogens is 1. The zero-order valence-electron chi connectivity index (χ0n) is 8.07. The average Bonchev–Trinajstić information content (AvgIpc) is 2.29. The molecule has 74 valence electrons. The molecule has 0 atom stereocenters. The molecule has 0 spiro atoms. The number of hydrogen-bond acceptors (Lipinski definition) is 3. The lowest BCUT2D eigenvalue weighted by molar-refractivity contribution is 0.419. The maximum atomic E-state index is 11.7. The molecule has 0 radical (unpaired) electrons. The third-order valence-corrected chi connectivity index (χ3v) is 2.22. The fraction of sp³-hybridized carbons (Fsp3) is 0.0909. The van der Waals surface area contributed by atoms with Crippen molar-refractivity contribution < 1.29 is 4.74 Å². The van der Waals surface area contributed by atoms with Crippen molar-refractivity contribution in [2.24, 2.45) is 0 Å². The highest BCUT2D eigenvalue weighted by molar-refractivity contribution is 5.85. The van der Waals surface area contributed by atoms with Crippen LogP contribution in [0.25, 0.3) is 10.9 Å². The number of nitriles is 1. The number of methoxy groups -OCH3 is 1. The van der Waals surface area contributed by atoms with Gasteiger partial charge < -0.3 is 9.72 Å². The van der Waals surface area contributed by atoms with E-state index < -0.39 is 0 Å². The van der Waals surface area contributed by atoms with E-state index in [-0.39, 0.29) is 11.0 Å². The number of benzene rings is 1. The number of nitrogens with zero attached hydrogens (tertiary/aromatic N) is 1. The molecule has 0 saturated heterocycles. The van der Waals surface area contributed by atoms with Crippen LogP contribution < -0.4 is 10.2 Å². The summed E-state index contributed by atoms with van der Waals surface area (Å²) in [6.45, 7) is 0. The highest BCUT2D eigenvalue weighted by atomic mass is 16.5. The molecule has 2 aromatic rings. The number of fused-ring (bicyclic) bond motifs is 1. The first-order valence-electron chi connectivity index (χ1n) is 4.36. The zero-order valence-corrected chi connectivity index (χ0v) is 8.07. The number of hydrogen-bond donors (Lipinski definition) is 1. The Hall–Kier alpha value is -2.28.